The van der Waals surface area contributed by atoms with Gasteiger partial charge in [-0.1, -0.05) is 31.2 Å². The molecule has 0 spiro atoms. The van der Waals surface area contributed by atoms with E-state index < -0.39 is 0 Å². The fourth-order valence-corrected chi connectivity index (χ4v) is 3.33. The minimum Gasteiger partial charge on any atom is -0.308 e. The topological polar surface area (TPSA) is 103 Å². The Balaban J connectivity index is 1.53. The molecule has 0 unspecified atom stereocenters. The van der Waals surface area contributed by atoms with Gasteiger partial charge in [-0.2, -0.15) is 5.10 Å². The molecule has 0 atom stereocenters. The van der Waals surface area contributed by atoms with Crippen LogP contribution in [-0.2, 0) is 6.42 Å². The van der Waals surface area contributed by atoms with Gasteiger partial charge in [0.1, 0.15) is 0 Å². The molecule has 7 nitrogen and oxygen atoms in total. The predicted octanol–water partition coefficient (Wildman–Crippen LogP) is 4.43. The normalized spacial score (nSPS) is 10.8. The number of aryl methyl sites for hydroxylation is 2. The van der Waals surface area contributed by atoms with E-state index in [-0.39, 0.29) is 11.6 Å². The van der Waals surface area contributed by atoms with E-state index in [1.54, 1.807) is 18.2 Å². The number of aromatic nitrogens is 3. The Labute approximate surface area is 167 Å². The molecule has 0 saturated heterocycles. The zero-order valence-electron chi connectivity index (χ0n) is 16.2. The average Bonchev–Trinajstić information content (AvgIpc) is 3.08. The van der Waals surface area contributed by atoms with Crippen LogP contribution in [0.25, 0.3) is 22.2 Å². The molecule has 2 heterocycles. The van der Waals surface area contributed by atoms with Crippen molar-refractivity contribution in [3.05, 3.63) is 76.2 Å². The summed E-state index contributed by atoms with van der Waals surface area (Å²) in [4.78, 5) is 27.0. The van der Waals surface area contributed by atoms with Gasteiger partial charge in [0.05, 0.1) is 0 Å². The van der Waals surface area contributed by atoms with Crippen molar-refractivity contribution in [2.45, 2.75) is 20.3 Å². The lowest BCUT2D eigenvalue weighted by molar-refractivity contribution is 0.262. The van der Waals surface area contributed by atoms with Gasteiger partial charge in [0.25, 0.3) is 0 Å². The van der Waals surface area contributed by atoms with Crippen LogP contribution >= 0.6 is 0 Å². The molecule has 0 fully saturated rings. The van der Waals surface area contributed by atoms with Crippen LogP contribution < -0.4 is 16.2 Å². The Morgan fingerprint density at radius 3 is 2.55 bits per heavy atom. The van der Waals surface area contributed by atoms with Crippen molar-refractivity contribution in [1.29, 1.82) is 0 Å². The van der Waals surface area contributed by atoms with Gasteiger partial charge in [0.2, 0.25) is 5.56 Å². The number of anilines is 2. The molecule has 4 rings (SSSR count). The highest BCUT2D eigenvalue weighted by molar-refractivity contribution is 6.00. The van der Waals surface area contributed by atoms with Gasteiger partial charge < -0.3 is 15.6 Å². The zero-order valence-corrected chi connectivity index (χ0v) is 16.2. The quantitative estimate of drug-likeness (QED) is 0.416. The maximum absolute atomic E-state index is 12.3. The predicted molar refractivity (Wildman–Crippen MR) is 115 cm³/mol. The first-order valence-corrected chi connectivity index (χ1v) is 9.39. The molecule has 0 radical (unpaired) electrons. The second-order valence-electron chi connectivity index (χ2n) is 6.83. The van der Waals surface area contributed by atoms with E-state index in [4.69, 9.17) is 0 Å². The second kappa shape index (κ2) is 7.63. The fourth-order valence-electron chi connectivity index (χ4n) is 3.33. The van der Waals surface area contributed by atoms with E-state index in [9.17, 15) is 9.59 Å². The Hall–Kier alpha value is -3.87. The van der Waals surface area contributed by atoms with E-state index in [2.05, 4.69) is 32.7 Å². The zero-order chi connectivity index (χ0) is 20.4. The smallest absolute Gasteiger partial charge is 0.308 e. The third-order valence-electron chi connectivity index (χ3n) is 4.78. The first-order valence-electron chi connectivity index (χ1n) is 9.39. The summed E-state index contributed by atoms with van der Waals surface area (Å²) in [5.41, 5.74) is 5.42. The fraction of sp³-hybridized carbons (Fsp3) is 0.136. The number of nitrogens with one attached hydrogen (secondary N) is 4. The number of carbonyl (C=O) groups excluding carboxylic acids is 1. The summed E-state index contributed by atoms with van der Waals surface area (Å²) >= 11 is 0. The highest BCUT2D eigenvalue weighted by Gasteiger charge is 2.11. The number of aromatic amines is 2. The Bertz CT molecular complexity index is 1240. The molecule has 0 aliphatic heterocycles. The SMILES string of the molecule is CCc1cccc(NC(=O)Nc2ccc(-c3cc(=O)[nH]c4n[nH]c(C)c34)cc2)c1. The van der Waals surface area contributed by atoms with Crippen LogP contribution in [0.1, 0.15) is 18.2 Å². The van der Waals surface area contributed by atoms with Crippen LogP contribution in [0.4, 0.5) is 16.2 Å². The highest BCUT2D eigenvalue weighted by atomic mass is 16.2. The number of carbonyl (C=O) groups is 1. The van der Waals surface area contributed by atoms with Gasteiger partial charge in [-0.25, -0.2) is 4.79 Å². The third kappa shape index (κ3) is 3.89. The lowest BCUT2D eigenvalue weighted by Crippen LogP contribution is -2.19. The minimum absolute atomic E-state index is 0.213. The van der Waals surface area contributed by atoms with E-state index in [0.29, 0.717) is 11.3 Å². The molecule has 29 heavy (non-hydrogen) atoms. The van der Waals surface area contributed by atoms with Gasteiger partial charge in [0, 0.05) is 28.5 Å². The number of hydrogen-bond donors (Lipinski definition) is 4. The molecule has 0 bridgehead atoms. The minimum atomic E-state index is -0.310. The summed E-state index contributed by atoms with van der Waals surface area (Å²) in [6.07, 6.45) is 0.907. The molecular weight excluding hydrogens is 366 g/mol. The van der Waals surface area contributed by atoms with E-state index in [1.807, 2.05) is 43.3 Å². The summed E-state index contributed by atoms with van der Waals surface area (Å²) in [7, 11) is 0. The van der Waals surface area contributed by atoms with Crippen LogP contribution in [0.3, 0.4) is 0 Å². The lowest BCUT2D eigenvalue weighted by Gasteiger charge is -2.10. The summed E-state index contributed by atoms with van der Waals surface area (Å²) < 4.78 is 0. The van der Waals surface area contributed by atoms with Gasteiger partial charge >= 0.3 is 6.03 Å². The number of nitrogens with zero attached hydrogens (tertiary/aromatic N) is 1. The van der Waals surface area contributed by atoms with Crippen molar-refractivity contribution in [1.82, 2.24) is 15.2 Å². The van der Waals surface area contributed by atoms with Gasteiger partial charge in [-0.3, -0.25) is 9.89 Å². The van der Waals surface area contributed by atoms with Crippen molar-refractivity contribution in [3.8, 4) is 11.1 Å². The van der Waals surface area contributed by atoms with Gasteiger partial charge in [0.15, 0.2) is 5.65 Å². The Morgan fingerprint density at radius 1 is 1.03 bits per heavy atom. The van der Waals surface area contributed by atoms with Crippen LogP contribution in [-0.4, -0.2) is 21.2 Å². The summed E-state index contributed by atoms with van der Waals surface area (Å²) in [5.74, 6) is 0. The van der Waals surface area contributed by atoms with E-state index in [1.165, 1.54) is 0 Å². The van der Waals surface area contributed by atoms with Crippen LogP contribution in [0.5, 0.6) is 0 Å². The van der Waals surface area contributed by atoms with Crippen LogP contribution in [0.15, 0.2) is 59.4 Å². The first-order chi connectivity index (χ1) is 14.0. The number of amides is 2. The maximum atomic E-state index is 12.3. The molecule has 2 amide bonds. The number of pyridine rings is 1. The number of fused-ring (bicyclic) bond motifs is 1. The summed E-state index contributed by atoms with van der Waals surface area (Å²) in [6, 6.07) is 16.3. The number of H-pyrrole nitrogens is 2. The highest BCUT2D eigenvalue weighted by Crippen LogP contribution is 2.28. The Kier molecular flexibility index (Phi) is 4.87. The summed E-state index contributed by atoms with van der Waals surface area (Å²) in [6.45, 7) is 3.98. The molecule has 0 aliphatic rings. The Morgan fingerprint density at radius 2 is 1.79 bits per heavy atom. The molecule has 2 aromatic heterocycles. The molecule has 4 N–H and O–H groups in total. The van der Waals surface area contributed by atoms with Crippen molar-refractivity contribution >= 4 is 28.4 Å². The largest absolute Gasteiger partial charge is 0.323 e. The van der Waals surface area contributed by atoms with Crippen molar-refractivity contribution in [2.24, 2.45) is 0 Å². The number of hydrogen-bond acceptors (Lipinski definition) is 3. The number of urea groups is 1. The summed E-state index contributed by atoms with van der Waals surface area (Å²) in [5, 5.41) is 13.6. The molecule has 7 heteroatoms. The van der Waals surface area contributed by atoms with Gasteiger partial charge in [-0.15, -0.1) is 0 Å². The molecule has 0 saturated carbocycles. The number of rotatable bonds is 4. The van der Waals surface area contributed by atoms with Crippen LogP contribution in [0.2, 0.25) is 0 Å². The molecule has 146 valence electrons. The molecule has 0 aliphatic carbocycles. The molecule has 4 aromatic rings. The monoisotopic (exact) mass is 387 g/mol. The van der Waals surface area contributed by atoms with Crippen molar-refractivity contribution in [2.75, 3.05) is 10.6 Å². The first kappa shape index (κ1) is 18.5. The van der Waals surface area contributed by atoms with E-state index in [0.717, 1.165) is 39.9 Å². The molecule has 2 aromatic carbocycles. The van der Waals surface area contributed by atoms with Crippen molar-refractivity contribution < 1.29 is 4.79 Å². The van der Waals surface area contributed by atoms with E-state index >= 15 is 0 Å². The van der Waals surface area contributed by atoms with Gasteiger partial charge in [-0.05, 0) is 54.3 Å². The standard InChI is InChI=1S/C22H21N5O2/c1-3-14-5-4-6-17(11-14)24-22(29)23-16-9-7-15(8-10-16)18-12-19(28)25-21-20(18)13(2)26-27-21/h4-12H,3H2,1-2H3,(H2,23,24,29)(H2,25,26,27,28). The maximum Gasteiger partial charge on any atom is 0.323 e. The second-order valence-corrected chi connectivity index (χ2v) is 6.83. The lowest BCUT2D eigenvalue weighted by atomic mass is 10.0. The average molecular weight is 387 g/mol. The third-order valence-corrected chi connectivity index (χ3v) is 4.78. The van der Waals surface area contributed by atoms with Crippen LogP contribution in [0, 0.1) is 6.92 Å². The number of benzene rings is 2. The van der Waals surface area contributed by atoms with Crippen molar-refractivity contribution in [3.63, 3.8) is 0 Å². The molecular formula is C22H21N5O2.